The minimum absolute atomic E-state index is 0.534. The lowest BCUT2D eigenvalue weighted by Crippen LogP contribution is -2.02. The fourth-order valence-electron chi connectivity index (χ4n) is 8.43. The smallest absolute Gasteiger partial charge is 0.188 e. The standard InChI is InChI=1S/C52H28N6/c1-56-39-19-24-51-46(29-39)45-27-35(32-55)17-22-50(45)58(51)52-40(36-9-4-2-5-10-36)13-8-14-41(52)38-18-23-47(42(28-38)37-11-6-3-7-12-37)57-48-20-15-33(30-53)25-43(48)44-26-34(31-54)16-21-49(44)57/h2-29H. The summed E-state index contributed by atoms with van der Waals surface area (Å²) in [7, 11) is 0. The Hall–Kier alpha value is -8.68. The Morgan fingerprint density at radius 2 is 0.862 bits per heavy atom. The summed E-state index contributed by atoms with van der Waals surface area (Å²) in [6.07, 6.45) is 0. The van der Waals surface area contributed by atoms with Gasteiger partial charge in [-0.05, 0) is 101 Å². The number of hydrogen-bond donors (Lipinski definition) is 0. The number of nitriles is 3. The van der Waals surface area contributed by atoms with Gasteiger partial charge in [0.05, 0.1) is 74.9 Å². The summed E-state index contributed by atoms with van der Waals surface area (Å²) in [4.78, 5) is 3.75. The summed E-state index contributed by atoms with van der Waals surface area (Å²) in [5.74, 6) is 0. The molecule has 2 heterocycles. The lowest BCUT2D eigenvalue weighted by atomic mass is 9.92. The highest BCUT2D eigenvalue weighted by Crippen LogP contribution is 2.44. The minimum Gasteiger partial charge on any atom is -0.309 e. The SMILES string of the molecule is [C-]#[N+]c1ccc2c(c1)c1cc(C#N)ccc1n2-c1c(-c2ccccc2)cccc1-c1ccc(-n2c3ccc(C#N)cc3c3cc(C#N)ccc32)c(-c2ccccc2)c1. The second-order valence-corrected chi connectivity index (χ2v) is 14.2. The Morgan fingerprint density at radius 3 is 1.38 bits per heavy atom. The van der Waals surface area contributed by atoms with Crippen molar-refractivity contribution in [2.75, 3.05) is 0 Å². The van der Waals surface area contributed by atoms with Crippen molar-refractivity contribution < 1.29 is 0 Å². The largest absolute Gasteiger partial charge is 0.309 e. The molecule has 10 rings (SSSR count). The van der Waals surface area contributed by atoms with Gasteiger partial charge < -0.3 is 9.13 Å². The predicted octanol–water partition coefficient (Wildman–Crippen LogP) is 13.0. The number of benzene rings is 8. The van der Waals surface area contributed by atoms with Gasteiger partial charge >= 0.3 is 0 Å². The maximum atomic E-state index is 9.92. The van der Waals surface area contributed by atoms with Crippen molar-refractivity contribution in [1.82, 2.24) is 9.13 Å². The second kappa shape index (κ2) is 13.6. The van der Waals surface area contributed by atoms with E-state index in [1.54, 1.807) is 0 Å². The molecule has 0 fully saturated rings. The van der Waals surface area contributed by atoms with Crippen molar-refractivity contribution in [3.05, 3.63) is 198 Å². The van der Waals surface area contributed by atoms with Crippen molar-refractivity contribution in [2.45, 2.75) is 0 Å². The molecule has 0 saturated carbocycles. The molecule has 6 heteroatoms. The van der Waals surface area contributed by atoms with E-state index < -0.39 is 0 Å². The lowest BCUT2D eigenvalue weighted by molar-refractivity contribution is 1.17. The van der Waals surface area contributed by atoms with Crippen molar-refractivity contribution >= 4 is 49.3 Å². The molecule has 0 aliphatic carbocycles. The third kappa shape index (κ3) is 5.31. The van der Waals surface area contributed by atoms with Crippen LogP contribution in [0.2, 0.25) is 0 Å². The first-order chi connectivity index (χ1) is 28.6. The molecular formula is C52H28N6. The van der Waals surface area contributed by atoms with Crippen LogP contribution >= 0.6 is 0 Å². The molecule has 0 amide bonds. The third-order valence-electron chi connectivity index (χ3n) is 11.0. The maximum Gasteiger partial charge on any atom is 0.188 e. The van der Waals surface area contributed by atoms with Crippen LogP contribution in [0.1, 0.15) is 16.7 Å². The van der Waals surface area contributed by atoms with E-state index in [-0.39, 0.29) is 0 Å². The first kappa shape index (κ1) is 33.9. The van der Waals surface area contributed by atoms with Gasteiger partial charge in [0.2, 0.25) is 0 Å². The first-order valence-electron chi connectivity index (χ1n) is 18.7. The predicted molar refractivity (Wildman–Crippen MR) is 232 cm³/mol. The third-order valence-corrected chi connectivity index (χ3v) is 11.0. The van der Waals surface area contributed by atoms with Crippen LogP contribution in [0.4, 0.5) is 5.69 Å². The van der Waals surface area contributed by atoms with E-state index >= 15 is 0 Å². The highest BCUT2D eigenvalue weighted by atomic mass is 15.0. The number of hydrogen-bond acceptors (Lipinski definition) is 3. The molecule has 0 aliphatic rings. The van der Waals surface area contributed by atoms with Crippen LogP contribution in [0, 0.1) is 40.6 Å². The van der Waals surface area contributed by atoms with Gasteiger partial charge in [-0.25, -0.2) is 4.85 Å². The molecule has 0 N–H and O–H groups in total. The molecule has 10 aromatic rings. The number of rotatable bonds is 5. The van der Waals surface area contributed by atoms with Crippen molar-refractivity contribution in [2.24, 2.45) is 0 Å². The number of fused-ring (bicyclic) bond motifs is 6. The van der Waals surface area contributed by atoms with Gasteiger partial charge in [0, 0.05) is 32.8 Å². The Kier molecular flexibility index (Phi) is 7.92. The van der Waals surface area contributed by atoms with Gasteiger partial charge in [0.15, 0.2) is 5.69 Å². The zero-order valence-electron chi connectivity index (χ0n) is 30.8. The molecule has 58 heavy (non-hydrogen) atoms. The number of para-hydroxylation sites is 1. The summed E-state index contributed by atoms with van der Waals surface area (Å²) in [5, 5.41) is 33.2. The van der Waals surface area contributed by atoms with Crippen LogP contribution in [0.25, 0.3) is 93.2 Å². The normalized spacial score (nSPS) is 11.0. The highest BCUT2D eigenvalue weighted by molar-refractivity contribution is 6.13. The Bertz CT molecular complexity index is 3350. The molecule has 0 radical (unpaired) electrons. The van der Waals surface area contributed by atoms with Crippen LogP contribution in [-0.4, -0.2) is 9.13 Å². The van der Waals surface area contributed by atoms with Crippen LogP contribution in [-0.2, 0) is 0 Å². The first-order valence-corrected chi connectivity index (χ1v) is 18.7. The van der Waals surface area contributed by atoms with Crippen LogP contribution in [0.15, 0.2) is 170 Å². The number of aromatic nitrogens is 2. The van der Waals surface area contributed by atoms with Gasteiger partial charge in [-0.3, -0.25) is 0 Å². The van der Waals surface area contributed by atoms with Crippen molar-refractivity contribution in [3.8, 4) is 63.0 Å². The Morgan fingerprint density at radius 1 is 0.397 bits per heavy atom. The van der Waals surface area contributed by atoms with Crippen molar-refractivity contribution in [3.63, 3.8) is 0 Å². The average molecular weight is 737 g/mol. The minimum atomic E-state index is 0.534. The van der Waals surface area contributed by atoms with E-state index in [4.69, 9.17) is 6.57 Å². The van der Waals surface area contributed by atoms with Gasteiger partial charge in [0.1, 0.15) is 0 Å². The van der Waals surface area contributed by atoms with E-state index in [1.807, 2.05) is 109 Å². The zero-order valence-corrected chi connectivity index (χ0v) is 30.8. The Balaban J connectivity index is 1.30. The van der Waals surface area contributed by atoms with Gasteiger partial charge in [-0.15, -0.1) is 0 Å². The van der Waals surface area contributed by atoms with Crippen LogP contribution in [0.5, 0.6) is 0 Å². The molecule has 2 aromatic heterocycles. The topological polar surface area (TPSA) is 85.6 Å². The number of nitrogens with zero attached hydrogens (tertiary/aromatic N) is 6. The Labute approximate surface area is 334 Å². The maximum absolute atomic E-state index is 9.92. The molecule has 0 saturated heterocycles. The quantitative estimate of drug-likeness (QED) is 0.165. The summed E-state index contributed by atoms with van der Waals surface area (Å²) in [6.45, 7) is 7.79. The van der Waals surface area contributed by atoms with Gasteiger partial charge in [-0.2, -0.15) is 15.8 Å². The fourth-order valence-corrected chi connectivity index (χ4v) is 8.43. The van der Waals surface area contributed by atoms with E-state index in [0.717, 1.165) is 88.4 Å². The monoisotopic (exact) mass is 736 g/mol. The van der Waals surface area contributed by atoms with Crippen molar-refractivity contribution in [1.29, 1.82) is 15.8 Å². The van der Waals surface area contributed by atoms with Crippen LogP contribution < -0.4 is 0 Å². The molecule has 6 nitrogen and oxygen atoms in total. The molecule has 8 aromatic carbocycles. The lowest BCUT2D eigenvalue weighted by Gasteiger charge is -2.21. The molecule has 0 aliphatic heterocycles. The summed E-state index contributed by atoms with van der Waals surface area (Å²) < 4.78 is 4.51. The highest BCUT2D eigenvalue weighted by Gasteiger charge is 2.23. The molecular weight excluding hydrogens is 709 g/mol. The van der Waals surface area contributed by atoms with E-state index in [2.05, 4.69) is 92.9 Å². The fraction of sp³-hybridized carbons (Fsp3) is 0. The summed E-state index contributed by atoms with van der Waals surface area (Å²) in [6, 6.07) is 63.6. The van der Waals surface area contributed by atoms with E-state index in [1.165, 1.54) is 0 Å². The zero-order chi connectivity index (χ0) is 39.3. The molecule has 0 unspecified atom stereocenters. The molecule has 0 atom stereocenters. The summed E-state index contributed by atoms with van der Waals surface area (Å²) >= 11 is 0. The van der Waals surface area contributed by atoms with E-state index in [9.17, 15) is 15.8 Å². The molecule has 0 bridgehead atoms. The molecule has 266 valence electrons. The van der Waals surface area contributed by atoms with Gasteiger partial charge in [-0.1, -0.05) is 91.0 Å². The van der Waals surface area contributed by atoms with E-state index in [0.29, 0.717) is 22.4 Å². The van der Waals surface area contributed by atoms with Gasteiger partial charge in [0.25, 0.3) is 0 Å². The molecule has 0 spiro atoms. The summed E-state index contributed by atoms with van der Waals surface area (Å²) in [5.41, 5.74) is 14.0. The second-order valence-electron chi connectivity index (χ2n) is 14.2. The van der Waals surface area contributed by atoms with Crippen LogP contribution in [0.3, 0.4) is 0 Å². The average Bonchev–Trinajstić information content (AvgIpc) is 3.79.